The van der Waals surface area contributed by atoms with E-state index in [4.69, 9.17) is 9.47 Å². The molecular weight excluding hydrogens is 460 g/mol. The molecule has 2 N–H and O–H groups in total. The molecule has 8 heteroatoms. The molecule has 0 atom stereocenters. The van der Waals surface area contributed by atoms with Crippen molar-refractivity contribution in [2.45, 2.75) is 26.7 Å². The first-order valence-corrected chi connectivity index (χ1v) is 11.7. The molecule has 2 aromatic rings. The van der Waals surface area contributed by atoms with Gasteiger partial charge in [-0.2, -0.15) is 0 Å². The number of fused-ring (bicyclic) bond motifs is 2. The summed E-state index contributed by atoms with van der Waals surface area (Å²) in [5.74, 6) is -1.38. The smallest absolute Gasteiger partial charge is 0.333 e. The normalized spacial score (nSPS) is 11.7. The number of hydrogen-bond acceptors (Lipinski definition) is 8. The fourth-order valence-electron chi connectivity index (χ4n) is 3.68. The van der Waals surface area contributed by atoms with Gasteiger partial charge >= 0.3 is 11.9 Å². The summed E-state index contributed by atoms with van der Waals surface area (Å²) in [4.78, 5) is 49.9. The Hall–Kier alpha value is -4.20. The average Bonchev–Trinajstić information content (AvgIpc) is 2.86. The third-order valence-electron chi connectivity index (χ3n) is 5.51. The van der Waals surface area contributed by atoms with E-state index in [1.54, 1.807) is 50.2 Å². The Bertz CT molecular complexity index is 1140. The highest BCUT2D eigenvalue weighted by Gasteiger charge is 2.33. The number of benzene rings is 2. The Morgan fingerprint density at radius 2 is 1.11 bits per heavy atom. The quantitative estimate of drug-likeness (QED) is 0.220. The van der Waals surface area contributed by atoms with E-state index >= 15 is 0 Å². The lowest BCUT2D eigenvalue weighted by atomic mass is 9.82. The van der Waals surface area contributed by atoms with Gasteiger partial charge in [0.25, 0.3) is 0 Å². The maximum Gasteiger partial charge on any atom is 0.333 e. The van der Waals surface area contributed by atoms with Gasteiger partial charge in [0.05, 0.1) is 24.3 Å². The van der Waals surface area contributed by atoms with Crippen molar-refractivity contribution in [2.24, 2.45) is 0 Å². The highest BCUT2D eigenvalue weighted by molar-refractivity contribution is 6.31. The molecule has 2 aromatic carbocycles. The summed E-state index contributed by atoms with van der Waals surface area (Å²) in [6.45, 7) is 11.5. The molecule has 0 aliphatic heterocycles. The summed E-state index contributed by atoms with van der Waals surface area (Å²) in [5.41, 5.74) is 3.05. The Labute approximate surface area is 210 Å². The molecular formula is C28H30N2O6. The van der Waals surface area contributed by atoms with Crippen LogP contribution in [0.15, 0.2) is 60.7 Å². The van der Waals surface area contributed by atoms with Gasteiger partial charge in [0.15, 0.2) is 11.6 Å². The zero-order valence-electron chi connectivity index (χ0n) is 20.6. The van der Waals surface area contributed by atoms with Crippen LogP contribution >= 0.6 is 0 Å². The molecule has 188 valence electrons. The number of esters is 2. The van der Waals surface area contributed by atoms with E-state index < -0.39 is 11.9 Å². The Morgan fingerprint density at radius 3 is 1.47 bits per heavy atom. The molecule has 0 bridgehead atoms. The third kappa shape index (κ3) is 6.07. The Kier molecular flexibility index (Phi) is 8.78. The van der Waals surface area contributed by atoms with E-state index in [2.05, 4.69) is 23.8 Å². The highest BCUT2D eigenvalue weighted by atomic mass is 16.5. The monoisotopic (exact) mass is 490 g/mol. The fourth-order valence-corrected chi connectivity index (χ4v) is 3.68. The lowest BCUT2D eigenvalue weighted by Crippen LogP contribution is -2.25. The summed E-state index contributed by atoms with van der Waals surface area (Å²) < 4.78 is 10.2. The minimum Gasteiger partial charge on any atom is -0.462 e. The first-order chi connectivity index (χ1) is 17.2. The van der Waals surface area contributed by atoms with Crippen molar-refractivity contribution in [3.8, 4) is 0 Å². The maximum atomic E-state index is 13.4. The van der Waals surface area contributed by atoms with Crippen LogP contribution in [-0.2, 0) is 19.1 Å². The second kappa shape index (κ2) is 12.0. The number of ketones is 2. The number of anilines is 2. The van der Waals surface area contributed by atoms with Crippen LogP contribution in [0.25, 0.3) is 0 Å². The van der Waals surface area contributed by atoms with Gasteiger partial charge in [-0.3, -0.25) is 9.59 Å². The molecule has 0 fully saturated rings. The standard InChI is InChI=1S/C28H30N2O6/c1-17(2)27(33)35-15-7-13-29-21-11-12-22(30-14-8-16-36-28(34)18(3)4)24-23(21)25(31)19-9-5-6-10-20(19)26(24)32/h5-6,9-12,29-30H,1,3,7-8,13-16H2,2,4H3. The van der Waals surface area contributed by atoms with Crippen LogP contribution in [-0.4, -0.2) is 49.8 Å². The summed E-state index contributed by atoms with van der Waals surface area (Å²) in [6, 6.07) is 10.3. The van der Waals surface area contributed by atoms with Crippen LogP contribution in [0.1, 0.15) is 58.5 Å². The zero-order valence-corrected chi connectivity index (χ0v) is 20.6. The molecule has 0 amide bonds. The van der Waals surface area contributed by atoms with Gasteiger partial charge in [-0.05, 0) is 38.8 Å². The van der Waals surface area contributed by atoms with Crippen LogP contribution < -0.4 is 10.6 Å². The van der Waals surface area contributed by atoms with Crippen LogP contribution in [0, 0.1) is 0 Å². The van der Waals surface area contributed by atoms with E-state index in [9.17, 15) is 19.2 Å². The van der Waals surface area contributed by atoms with Crippen LogP contribution in [0.4, 0.5) is 11.4 Å². The van der Waals surface area contributed by atoms with Gasteiger partial charge in [0.2, 0.25) is 0 Å². The predicted octanol–water partition coefficient (Wildman–Crippen LogP) is 4.30. The molecule has 0 saturated heterocycles. The minimum absolute atomic E-state index is 0.201. The molecule has 0 heterocycles. The number of nitrogens with one attached hydrogen (secondary N) is 2. The molecule has 0 saturated carbocycles. The molecule has 36 heavy (non-hydrogen) atoms. The molecule has 0 aromatic heterocycles. The summed E-state index contributed by atoms with van der Waals surface area (Å²) in [6.07, 6.45) is 1.02. The first kappa shape index (κ1) is 26.4. The second-order valence-electron chi connectivity index (χ2n) is 8.51. The van der Waals surface area contributed by atoms with E-state index in [1.165, 1.54) is 0 Å². The van der Waals surface area contributed by atoms with Crippen LogP contribution in [0.3, 0.4) is 0 Å². The Balaban J connectivity index is 1.76. The zero-order chi connectivity index (χ0) is 26.2. The SMILES string of the molecule is C=C(C)C(=O)OCCCNc1ccc(NCCCOC(=O)C(=C)C)c2c1C(=O)c1ccccc1C2=O. The van der Waals surface area contributed by atoms with Gasteiger partial charge < -0.3 is 20.1 Å². The number of rotatable bonds is 12. The van der Waals surface area contributed by atoms with Crippen molar-refractivity contribution in [1.82, 2.24) is 0 Å². The topological polar surface area (TPSA) is 111 Å². The Morgan fingerprint density at radius 1 is 0.722 bits per heavy atom. The van der Waals surface area contributed by atoms with Gasteiger partial charge in [-0.1, -0.05) is 37.4 Å². The second-order valence-corrected chi connectivity index (χ2v) is 8.51. The fraction of sp³-hybridized carbons (Fsp3) is 0.286. The molecule has 0 spiro atoms. The molecule has 1 aliphatic carbocycles. The highest BCUT2D eigenvalue weighted by Crippen LogP contribution is 2.36. The molecule has 1 aliphatic rings. The first-order valence-electron chi connectivity index (χ1n) is 11.7. The van der Waals surface area contributed by atoms with Gasteiger partial charge in [-0.15, -0.1) is 0 Å². The third-order valence-corrected chi connectivity index (χ3v) is 5.51. The number of carbonyl (C=O) groups is 4. The number of ether oxygens (including phenoxy) is 2. The van der Waals surface area contributed by atoms with Crippen LogP contribution in [0.2, 0.25) is 0 Å². The van der Waals surface area contributed by atoms with Crippen molar-refractivity contribution < 1.29 is 28.7 Å². The number of carbonyl (C=O) groups excluding carboxylic acids is 4. The maximum absolute atomic E-state index is 13.4. The molecule has 8 nitrogen and oxygen atoms in total. The summed E-state index contributed by atoms with van der Waals surface area (Å²) >= 11 is 0. The van der Waals surface area contributed by atoms with Crippen molar-refractivity contribution in [3.63, 3.8) is 0 Å². The predicted molar refractivity (Wildman–Crippen MR) is 138 cm³/mol. The van der Waals surface area contributed by atoms with Gasteiger partial charge in [0, 0.05) is 46.7 Å². The van der Waals surface area contributed by atoms with Crippen LogP contribution in [0.5, 0.6) is 0 Å². The van der Waals surface area contributed by atoms with Gasteiger partial charge in [0.1, 0.15) is 0 Å². The molecule has 3 rings (SSSR count). The van der Waals surface area contributed by atoms with Crippen molar-refractivity contribution in [1.29, 1.82) is 0 Å². The van der Waals surface area contributed by atoms with Gasteiger partial charge in [-0.25, -0.2) is 9.59 Å². The van der Waals surface area contributed by atoms with E-state index in [0.29, 0.717) is 70.7 Å². The van der Waals surface area contributed by atoms with Crippen molar-refractivity contribution >= 4 is 34.9 Å². The molecule has 0 unspecified atom stereocenters. The van der Waals surface area contributed by atoms with E-state index in [1.807, 2.05) is 0 Å². The lowest BCUT2D eigenvalue weighted by Gasteiger charge is -2.24. The number of hydrogen-bond donors (Lipinski definition) is 2. The largest absolute Gasteiger partial charge is 0.462 e. The van der Waals surface area contributed by atoms with E-state index in [-0.39, 0.29) is 24.8 Å². The van der Waals surface area contributed by atoms with E-state index in [0.717, 1.165) is 0 Å². The molecule has 0 radical (unpaired) electrons. The van der Waals surface area contributed by atoms with Crippen molar-refractivity contribution in [3.05, 3.63) is 83.0 Å². The average molecular weight is 491 g/mol. The summed E-state index contributed by atoms with van der Waals surface area (Å²) in [5, 5.41) is 6.41. The minimum atomic E-state index is -0.449. The lowest BCUT2D eigenvalue weighted by molar-refractivity contribution is -0.139. The van der Waals surface area contributed by atoms with Crippen molar-refractivity contribution in [2.75, 3.05) is 36.9 Å². The summed E-state index contributed by atoms with van der Waals surface area (Å²) in [7, 11) is 0.